The molecule has 0 aromatic rings. The van der Waals surface area contributed by atoms with Gasteiger partial charge in [-0.3, -0.25) is 4.79 Å². The van der Waals surface area contributed by atoms with E-state index in [1.54, 1.807) is 0 Å². The van der Waals surface area contributed by atoms with E-state index in [2.05, 4.69) is 0 Å². The van der Waals surface area contributed by atoms with Crippen LogP contribution in [0.5, 0.6) is 0 Å². The van der Waals surface area contributed by atoms with Crippen molar-refractivity contribution in [1.82, 2.24) is 4.90 Å². The van der Waals surface area contributed by atoms with Crippen molar-refractivity contribution in [3.8, 4) is 0 Å². The molecule has 1 unspecified atom stereocenters. The number of rotatable bonds is 6. The van der Waals surface area contributed by atoms with Crippen LogP contribution in [0.4, 0.5) is 0 Å². The van der Waals surface area contributed by atoms with Crippen LogP contribution in [0.3, 0.4) is 0 Å². The minimum absolute atomic E-state index is 0.240. The molecule has 3 N–H and O–H groups in total. The van der Waals surface area contributed by atoms with Gasteiger partial charge in [0.15, 0.2) is 0 Å². The predicted molar refractivity (Wildman–Crippen MR) is 54.7 cm³/mol. The monoisotopic (exact) mass is 200 g/mol. The Morgan fingerprint density at radius 1 is 1.43 bits per heavy atom. The van der Waals surface area contributed by atoms with Crippen LogP contribution in [-0.2, 0) is 4.79 Å². The van der Waals surface area contributed by atoms with Crippen molar-refractivity contribution >= 4 is 5.91 Å². The van der Waals surface area contributed by atoms with Gasteiger partial charge in [-0.05, 0) is 31.7 Å². The molecular formula is C10H20N2O2. The molecule has 1 aliphatic heterocycles. The van der Waals surface area contributed by atoms with Gasteiger partial charge in [0, 0.05) is 26.1 Å². The lowest BCUT2D eigenvalue weighted by molar-refractivity contribution is -0.127. The Morgan fingerprint density at radius 2 is 2.21 bits per heavy atom. The van der Waals surface area contributed by atoms with Crippen molar-refractivity contribution in [3.05, 3.63) is 0 Å². The second-order valence-corrected chi connectivity index (χ2v) is 3.93. The van der Waals surface area contributed by atoms with Crippen molar-refractivity contribution < 1.29 is 9.90 Å². The van der Waals surface area contributed by atoms with E-state index in [1.165, 1.54) is 0 Å². The average Bonchev–Trinajstić information content (AvgIpc) is 2.54. The Labute approximate surface area is 85.1 Å². The van der Waals surface area contributed by atoms with Crippen LogP contribution in [-0.4, -0.2) is 42.2 Å². The van der Waals surface area contributed by atoms with Gasteiger partial charge in [0.25, 0.3) is 0 Å². The third-order valence-corrected chi connectivity index (χ3v) is 2.71. The summed E-state index contributed by atoms with van der Waals surface area (Å²) >= 11 is 0. The molecule has 0 bridgehead atoms. The molecule has 1 amide bonds. The maximum Gasteiger partial charge on any atom is 0.222 e. The summed E-state index contributed by atoms with van der Waals surface area (Å²) in [6, 6.07) is 0. The van der Waals surface area contributed by atoms with Crippen molar-refractivity contribution in [3.63, 3.8) is 0 Å². The number of unbranched alkanes of at least 4 members (excludes halogenated alkanes) is 2. The number of hydrogen-bond acceptors (Lipinski definition) is 3. The van der Waals surface area contributed by atoms with Crippen molar-refractivity contribution in [2.45, 2.75) is 25.7 Å². The summed E-state index contributed by atoms with van der Waals surface area (Å²) in [5.41, 5.74) is 5.52. The fourth-order valence-electron chi connectivity index (χ4n) is 1.82. The molecule has 0 spiro atoms. The lowest BCUT2D eigenvalue weighted by Gasteiger charge is -2.15. The van der Waals surface area contributed by atoms with E-state index >= 15 is 0 Å². The number of nitrogens with zero attached hydrogens (tertiary/aromatic N) is 1. The molecule has 0 radical (unpaired) electrons. The highest BCUT2D eigenvalue weighted by atomic mass is 16.2. The fraction of sp³-hybridized carbons (Fsp3) is 0.900. The zero-order valence-electron chi connectivity index (χ0n) is 8.61. The van der Waals surface area contributed by atoms with Gasteiger partial charge in [-0.15, -0.1) is 0 Å². The standard InChI is InChI=1S/C10H20N2O2/c11-7-9-6-10(14)12(8-9)4-2-1-3-5-13/h9,13H,1-8,11H2. The van der Waals surface area contributed by atoms with Gasteiger partial charge in [0.1, 0.15) is 0 Å². The lowest BCUT2D eigenvalue weighted by Crippen LogP contribution is -2.27. The molecule has 0 saturated carbocycles. The summed E-state index contributed by atoms with van der Waals surface area (Å²) in [6.07, 6.45) is 3.44. The van der Waals surface area contributed by atoms with Gasteiger partial charge in [0.2, 0.25) is 5.91 Å². The van der Waals surface area contributed by atoms with Crippen molar-refractivity contribution in [2.75, 3.05) is 26.2 Å². The highest BCUT2D eigenvalue weighted by Gasteiger charge is 2.27. The highest BCUT2D eigenvalue weighted by molar-refractivity contribution is 5.78. The summed E-state index contributed by atoms with van der Waals surface area (Å²) in [7, 11) is 0. The number of hydrogen-bond donors (Lipinski definition) is 2. The van der Waals surface area contributed by atoms with Crippen molar-refractivity contribution in [2.24, 2.45) is 11.7 Å². The molecule has 1 atom stereocenters. The van der Waals surface area contributed by atoms with E-state index < -0.39 is 0 Å². The Bertz CT molecular complexity index is 185. The van der Waals surface area contributed by atoms with E-state index in [9.17, 15) is 4.79 Å². The van der Waals surface area contributed by atoms with Crippen LogP contribution in [0.1, 0.15) is 25.7 Å². The SMILES string of the molecule is NCC1CC(=O)N(CCCCCO)C1. The van der Waals surface area contributed by atoms with E-state index in [4.69, 9.17) is 10.8 Å². The zero-order valence-corrected chi connectivity index (χ0v) is 8.61. The minimum atomic E-state index is 0.240. The molecule has 0 aromatic heterocycles. The Kier molecular flexibility index (Phi) is 4.90. The van der Waals surface area contributed by atoms with Crippen molar-refractivity contribution in [1.29, 1.82) is 0 Å². The molecular weight excluding hydrogens is 180 g/mol. The second-order valence-electron chi connectivity index (χ2n) is 3.93. The number of likely N-dealkylation sites (tertiary alicyclic amines) is 1. The van der Waals surface area contributed by atoms with E-state index in [0.29, 0.717) is 18.9 Å². The van der Waals surface area contributed by atoms with Gasteiger partial charge in [0.05, 0.1) is 0 Å². The third kappa shape index (κ3) is 3.27. The van der Waals surface area contributed by atoms with Crippen LogP contribution in [0.2, 0.25) is 0 Å². The first-order chi connectivity index (χ1) is 6.77. The first-order valence-corrected chi connectivity index (χ1v) is 5.36. The largest absolute Gasteiger partial charge is 0.396 e. The first kappa shape index (κ1) is 11.5. The molecule has 4 nitrogen and oxygen atoms in total. The molecule has 0 aromatic carbocycles. The van der Waals surface area contributed by atoms with Crippen LogP contribution < -0.4 is 5.73 Å². The smallest absolute Gasteiger partial charge is 0.222 e. The highest BCUT2D eigenvalue weighted by Crippen LogP contribution is 2.16. The van der Waals surface area contributed by atoms with Crippen LogP contribution in [0.15, 0.2) is 0 Å². The number of aliphatic hydroxyl groups is 1. The third-order valence-electron chi connectivity index (χ3n) is 2.71. The number of carbonyl (C=O) groups is 1. The molecule has 1 heterocycles. The molecule has 4 heteroatoms. The van der Waals surface area contributed by atoms with E-state index in [1.807, 2.05) is 4.90 Å². The summed E-state index contributed by atoms with van der Waals surface area (Å²) in [4.78, 5) is 13.3. The lowest BCUT2D eigenvalue weighted by atomic mass is 10.1. The quantitative estimate of drug-likeness (QED) is 0.591. The normalized spacial score (nSPS) is 22.0. The van der Waals surface area contributed by atoms with Gasteiger partial charge < -0.3 is 15.7 Å². The van der Waals surface area contributed by atoms with Gasteiger partial charge >= 0.3 is 0 Å². The summed E-state index contributed by atoms with van der Waals surface area (Å²) in [5.74, 6) is 0.602. The summed E-state index contributed by atoms with van der Waals surface area (Å²) < 4.78 is 0. The maximum absolute atomic E-state index is 11.4. The van der Waals surface area contributed by atoms with Gasteiger partial charge in [-0.2, -0.15) is 0 Å². The van der Waals surface area contributed by atoms with Crippen LogP contribution in [0.25, 0.3) is 0 Å². The number of aliphatic hydroxyl groups excluding tert-OH is 1. The molecule has 1 saturated heterocycles. The van der Waals surface area contributed by atoms with Crippen LogP contribution in [0, 0.1) is 5.92 Å². The second kappa shape index (κ2) is 5.98. The van der Waals surface area contributed by atoms with Gasteiger partial charge in [-0.1, -0.05) is 0 Å². The maximum atomic E-state index is 11.4. The van der Waals surface area contributed by atoms with Gasteiger partial charge in [-0.25, -0.2) is 0 Å². The average molecular weight is 200 g/mol. The molecule has 82 valence electrons. The zero-order chi connectivity index (χ0) is 10.4. The number of nitrogens with two attached hydrogens (primary N) is 1. The minimum Gasteiger partial charge on any atom is -0.396 e. The molecule has 1 fully saturated rings. The molecule has 0 aliphatic carbocycles. The first-order valence-electron chi connectivity index (χ1n) is 5.36. The Balaban J connectivity index is 2.15. The summed E-state index contributed by atoms with van der Waals surface area (Å²) in [6.45, 7) is 2.52. The molecule has 1 aliphatic rings. The number of amides is 1. The van der Waals surface area contributed by atoms with E-state index in [0.717, 1.165) is 32.4 Å². The Morgan fingerprint density at radius 3 is 2.79 bits per heavy atom. The topological polar surface area (TPSA) is 66.6 Å². The number of carbonyl (C=O) groups excluding carboxylic acids is 1. The fourth-order valence-corrected chi connectivity index (χ4v) is 1.82. The molecule has 1 rings (SSSR count). The van der Waals surface area contributed by atoms with E-state index in [-0.39, 0.29) is 12.5 Å². The van der Waals surface area contributed by atoms with Crippen LogP contribution >= 0.6 is 0 Å². The predicted octanol–water partition coefficient (Wildman–Crippen LogP) is -0.0438. The molecule has 14 heavy (non-hydrogen) atoms. The summed E-state index contributed by atoms with van der Waals surface area (Å²) in [5, 5.41) is 8.59. The Hall–Kier alpha value is -0.610.